The Morgan fingerprint density at radius 1 is 1.05 bits per heavy atom. The molecule has 0 N–H and O–H groups in total. The van der Waals surface area contributed by atoms with E-state index in [1.807, 2.05) is 60.7 Å². The van der Waals surface area contributed by atoms with Crippen LogP contribution in [-0.2, 0) is 14.3 Å². The molecule has 8 nitrogen and oxygen atoms in total. The molecule has 0 spiro atoms. The number of morpholine rings is 1. The first-order valence-electron chi connectivity index (χ1n) is 13.8. The molecule has 216 valence electrons. The quantitative estimate of drug-likeness (QED) is 0.289. The van der Waals surface area contributed by atoms with Crippen LogP contribution < -0.4 is 9.64 Å². The van der Waals surface area contributed by atoms with Crippen molar-refractivity contribution in [1.82, 2.24) is 14.7 Å². The number of rotatable bonds is 6. The number of ether oxygens (including phenoxy) is 2. The number of carbonyl (C=O) groups excluding carboxylic acids is 2. The van der Waals surface area contributed by atoms with E-state index in [-0.39, 0.29) is 29.4 Å². The minimum absolute atomic E-state index is 0.0885. The van der Waals surface area contributed by atoms with Crippen molar-refractivity contribution >= 4 is 41.0 Å². The molecule has 2 aliphatic rings. The van der Waals surface area contributed by atoms with E-state index in [0.717, 1.165) is 33.6 Å². The number of benzene rings is 3. The minimum Gasteiger partial charge on any atom is -0.497 e. The van der Waals surface area contributed by atoms with Gasteiger partial charge in [0, 0.05) is 29.2 Å². The summed E-state index contributed by atoms with van der Waals surface area (Å²) in [5.41, 5.74) is 5.45. The zero-order chi connectivity index (χ0) is 29.2. The van der Waals surface area contributed by atoms with Crippen molar-refractivity contribution in [3.8, 4) is 22.7 Å². The van der Waals surface area contributed by atoms with Crippen molar-refractivity contribution in [2.75, 3.05) is 50.6 Å². The van der Waals surface area contributed by atoms with Crippen molar-refractivity contribution in [3.05, 3.63) is 94.5 Å². The highest BCUT2D eigenvalue weighted by atomic mass is 35.5. The van der Waals surface area contributed by atoms with Gasteiger partial charge in [0.2, 0.25) is 11.8 Å². The molecule has 0 bridgehead atoms. The van der Waals surface area contributed by atoms with E-state index in [1.54, 1.807) is 33.4 Å². The lowest BCUT2D eigenvalue weighted by molar-refractivity contribution is -0.134. The number of carbonyl (C=O) groups is 2. The van der Waals surface area contributed by atoms with Crippen LogP contribution in [0.1, 0.15) is 21.9 Å². The molecule has 2 amide bonds. The van der Waals surface area contributed by atoms with Gasteiger partial charge in [-0.05, 0) is 54.4 Å². The summed E-state index contributed by atoms with van der Waals surface area (Å²) in [6, 6.07) is 23.3. The maximum atomic E-state index is 14.0. The molecule has 0 radical (unpaired) electrons. The summed E-state index contributed by atoms with van der Waals surface area (Å²) in [5, 5.41) is 5.57. The average molecular weight is 603 g/mol. The fourth-order valence-electron chi connectivity index (χ4n) is 5.42. The Balaban J connectivity index is 1.59. The van der Waals surface area contributed by atoms with Gasteiger partial charge in [-0.25, -0.2) is 4.68 Å². The van der Waals surface area contributed by atoms with Gasteiger partial charge in [0.1, 0.15) is 18.1 Å². The molecule has 1 aromatic heterocycles. The molecule has 0 saturated carbocycles. The molecule has 1 atom stereocenters. The molecular weight excluding hydrogens is 572 g/mol. The lowest BCUT2D eigenvalue weighted by Gasteiger charge is -2.30. The van der Waals surface area contributed by atoms with Crippen LogP contribution in [0.3, 0.4) is 0 Å². The number of hydrogen-bond acceptors (Lipinski definition) is 6. The minimum atomic E-state index is -0.202. The molecule has 3 aromatic carbocycles. The van der Waals surface area contributed by atoms with E-state index in [9.17, 15) is 9.59 Å². The van der Waals surface area contributed by atoms with Crippen LogP contribution >= 0.6 is 23.4 Å². The van der Waals surface area contributed by atoms with Crippen molar-refractivity contribution in [2.45, 2.75) is 12.2 Å². The number of aromatic nitrogens is 2. The number of amides is 2. The summed E-state index contributed by atoms with van der Waals surface area (Å²) in [4.78, 5) is 30.9. The molecule has 1 unspecified atom stereocenters. The van der Waals surface area contributed by atoms with Crippen LogP contribution in [0.15, 0.2) is 72.8 Å². The first-order chi connectivity index (χ1) is 20.4. The SMILES string of the molecule is COc1ccc(-n2nc(-c3ccc(Cl)cc3)c3c2N(CC(=O)N2CCOCC2)C(=O)CSC3c2ccccc2C)cc1. The van der Waals surface area contributed by atoms with Crippen molar-refractivity contribution in [2.24, 2.45) is 0 Å². The highest BCUT2D eigenvalue weighted by Gasteiger charge is 2.38. The predicted octanol–water partition coefficient (Wildman–Crippen LogP) is 5.54. The number of nitrogens with zero attached hydrogens (tertiary/aromatic N) is 4. The Labute approximate surface area is 254 Å². The monoisotopic (exact) mass is 602 g/mol. The molecule has 42 heavy (non-hydrogen) atoms. The zero-order valence-electron chi connectivity index (χ0n) is 23.5. The van der Waals surface area contributed by atoms with E-state index >= 15 is 0 Å². The topological polar surface area (TPSA) is 76.9 Å². The number of thioether (sulfide) groups is 1. The second-order valence-corrected chi connectivity index (χ2v) is 11.8. The lowest BCUT2D eigenvalue weighted by Crippen LogP contribution is -2.48. The first kappa shape index (κ1) is 28.3. The fraction of sp³-hybridized carbons (Fsp3) is 0.281. The van der Waals surface area contributed by atoms with Gasteiger partial charge in [0.15, 0.2) is 0 Å². The molecule has 4 aromatic rings. The van der Waals surface area contributed by atoms with E-state index in [0.29, 0.717) is 42.9 Å². The summed E-state index contributed by atoms with van der Waals surface area (Å²) >= 11 is 7.83. The van der Waals surface area contributed by atoms with Crippen LogP contribution in [-0.4, -0.2) is 72.2 Å². The lowest BCUT2D eigenvalue weighted by atomic mass is 9.96. The Kier molecular flexibility index (Phi) is 8.24. The van der Waals surface area contributed by atoms with Gasteiger partial charge in [-0.1, -0.05) is 48.0 Å². The van der Waals surface area contributed by atoms with Crippen LogP contribution in [0.2, 0.25) is 5.02 Å². The van der Waals surface area contributed by atoms with Crippen LogP contribution in [0, 0.1) is 6.92 Å². The third-order valence-corrected chi connectivity index (χ3v) is 9.14. The average Bonchev–Trinajstić information content (AvgIpc) is 3.35. The van der Waals surface area contributed by atoms with E-state index in [1.165, 1.54) is 0 Å². The second kappa shape index (κ2) is 12.2. The van der Waals surface area contributed by atoms with Crippen molar-refractivity contribution in [1.29, 1.82) is 0 Å². The number of hydrogen-bond donors (Lipinski definition) is 0. The first-order valence-corrected chi connectivity index (χ1v) is 15.2. The Bertz CT molecular complexity index is 1600. The second-order valence-electron chi connectivity index (χ2n) is 10.2. The summed E-state index contributed by atoms with van der Waals surface area (Å²) < 4.78 is 12.6. The molecule has 3 heterocycles. The molecular formula is C32H31ClN4O4S. The summed E-state index contributed by atoms with van der Waals surface area (Å²) in [6.07, 6.45) is 0. The number of anilines is 1. The van der Waals surface area contributed by atoms with E-state index < -0.39 is 0 Å². The van der Waals surface area contributed by atoms with Crippen molar-refractivity contribution in [3.63, 3.8) is 0 Å². The molecule has 10 heteroatoms. The molecule has 6 rings (SSSR count). The van der Waals surface area contributed by atoms with Gasteiger partial charge in [0.25, 0.3) is 0 Å². The van der Waals surface area contributed by atoms with Gasteiger partial charge >= 0.3 is 0 Å². The molecule has 1 fully saturated rings. The van der Waals surface area contributed by atoms with Gasteiger partial charge in [0.05, 0.1) is 42.7 Å². The number of aryl methyl sites for hydroxylation is 1. The predicted molar refractivity (Wildman–Crippen MR) is 166 cm³/mol. The van der Waals surface area contributed by atoms with Gasteiger partial charge < -0.3 is 14.4 Å². The standard InChI is InChI=1S/C32H31ClN4O4S/c1-21-5-3-4-6-26(21)31-29-30(22-7-9-23(33)10-8-22)34-37(24-11-13-25(40-2)14-12-24)32(29)36(28(39)20-42-31)19-27(38)35-15-17-41-18-16-35/h3-14,31H,15-20H2,1-2H3. The highest BCUT2D eigenvalue weighted by Crippen LogP contribution is 2.49. The van der Waals surface area contributed by atoms with Crippen LogP contribution in [0.4, 0.5) is 5.82 Å². The summed E-state index contributed by atoms with van der Waals surface area (Å²) in [5.74, 6) is 1.25. The highest BCUT2D eigenvalue weighted by molar-refractivity contribution is 8.00. The number of halogens is 1. The number of methoxy groups -OCH3 is 1. The molecule has 0 aliphatic carbocycles. The Hall–Kier alpha value is -3.79. The normalized spacial score (nSPS) is 17.1. The molecule has 2 aliphatic heterocycles. The van der Waals surface area contributed by atoms with Crippen molar-refractivity contribution < 1.29 is 19.1 Å². The van der Waals surface area contributed by atoms with E-state index in [4.69, 9.17) is 26.2 Å². The smallest absolute Gasteiger partial charge is 0.242 e. The Morgan fingerprint density at radius 3 is 2.45 bits per heavy atom. The third-order valence-electron chi connectivity index (χ3n) is 7.65. The maximum absolute atomic E-state index is 14.0. The van der Waals surface area contributed by atoms with E-state index in [2.05, 4.69) is 19.1 Å². The summed E-state index contributed by atoms with van der Waals surface area (Å²) in [6.45, 7) is 3.97. The van der Waals surface area contributed by atoms with Crippen LogP contribution in [0.5, 0.6) is 5.75 Å². The Morgan fingerprint density at radius 2 is 1.76 bits per heavy atom. The molecule has 1 saturated heterocycles. The zero-order valence-corrected chi connectivity index (χ0v) is 25.0. The van der Waals surface area contributed by atoms with Gasteiger partial charge in [-0.15, -0.1) is 11.8 Å². The maximum Gasteiger partial charge on any atom is 0.242 e. The number of fused-ring (bicyclic) bond motifs is 1. The van der Waals surface area contributed by atoms with Crippen LogP contribution in [0.25, 0.3) is 16.9 Å². The fourth-order valence-corrected chi connectivity index (χ4v) is 6.84. The summed E-state index contributed by atoms with van der Waals surface area (Å²) in [7, 11) is 1.62. The third kappa shape index (κ3) is 5.52. The van der Waals surface area contributed by atoms with Gasteiger partial charge in [-0.3, -0.25) is 14.5 Å². The largest absolute Gasteiger partial charge is 0.497 e. The van der Waals surface area contributed by atoms with Gasteiger partial charge in [-0.2, -0.15) is 5.10 Å².